The molecule has 0 aliphatic heterocycles. The lowest BCUT2D eigenvalue weighted by molar-refractivity contribution is -0.115. The van der Waals surface area contributed by atoms with Gasteiger partial charge in [0.1, 0.15) is 0 Å². The lowest BCUT2D eigenvalue weighted by Gasteiger charge is -2.10. The third-order valence-electron chi connectivity index (χ3n) is 3.19. The van der Waals surface area contributed by atoms with Gasteiger partial charge in [-0.2, -0.15) is 0 Å². The molecule has 2 N–H and O–H groups in total. The van der Waals surface area contributed by atoms with E-state index in [0.29, 0.717) is 10.2 Å². The molecule has 2 aromatic carbocycles. The highest BCUT2D eigenvalue weighted by Gasteiger charge is 2.17. The van der Waals surface area contributed by atoms with Crippen LogP contribution in [0.2, 0.25) is 5.02 Å². The number of rotatable bonds is 4. The average Bonchev–Trinajstić information content (AvgIpc) is 2.90. The van der Waals surface area contributed by atoms with Crippen molar-refractivity contribution in [1.82, 2.24) is 9.97 Å². The smallest absolute Gasteiger partial charge is 0.237 e. The summed E-state index contributed by atoms with van der Waals surface area (Å²) in [6, 6.07) is 12.9. The Morgan fingerprint density at radius 1 is 1.30 bits per heavy atom. The summed E-state index contributed by atoms with van der Waals surface area (Å²) in [6.45, 7) is 1.85. The van der Waals surface area contributed by atoms with Crippen molar-refractivity contribution in [3.63, 3.8) is 0 Å². The van der Waals surface area contributed by atoms with Crippen molar-refractivity contribution in [1.29, 1.82) is 0 Å². The minimum atomic E-state index is -0.283. The first-order chi connectivity index (χ1) is 11.0. The molecule has 1 atom stereocenters. The maximum Gasteiger partial charge on any atom is 0.237 e. The number of nitrogens with one attached hydrogen (secondary N) is 2. The van der Waals surface area contributed by atoms with Crippen LogP contribution in [0.1, 0.15) is 6.92 Å². The molecule has 0 saturated heterocycles. The zero-order valence-corrected chi connectivity index (χ0v) is 15.3. The number of nitrogens with zero attached hydrogens (tertiary/aromatic N) is 1. The highest BCUT2D eigenvalue weighted by Crippen LogP contribution is 2.26. The standard InChI is InChI=1S/C16H13BrClN3OS/c1-9(15(22)19-12-5-2-10(17)3-6-12)23-16-20-13-7-4-11(18)8-14(13)21-16/h2-9H,1H3,(H,19,22)(H,20,21)/t9-/m0/s1. The number of thioether (sulfide) groups is 1. The Kier molecular flexibility index (Phi) is 4.94. The van der Waals surface area contributed by atoms with E-state index >= 15 is 0 Å². The maximum atomic E-state index is 12.3. The fraction of sp³-hybridized carbons (Fsp3) is 0.125. The molecule has 1 amide bonds. The number of aromatic nitrogens is 2. The van der Waals surface area contributed by atoms with Crippen molar-refractivity contribution in [2.45, 2.75) is 17.3 Å². The van der Waals surface area contributed by atoms with Crippen LogP contribution in [0.4, 0.5) is 5.69 Å². The topological polar surface area (TPSA) is 57.8 Å². The second-order valence-electron chi connectivity index (χ2n) is 4.96. The van der Waals surface area contributed by atoms with Crippen LogP contribution >= 0.6 is 39.3 Å². The number of carbonyl (C=O) groups is 1. The van der Waals surface area contributed by atoms with Crippen LogP contribution in [0.25, 0.3) is 11.0 Å². The van der Waals surface area contributed by atoms with Crippen LogP contribution in [0.3, 0.4) is 0 Å². The van der Waals surface area contributed by atoms with Gasteiger partial charge < -0.3 is 10.3 Å². The molecule has 0 aliphatic carbocycles. The molecular formula is C16H13BrClN3OS. The average molecular weight is 411 g/mol. The largest absolute Gasteiger partial charge is 0.333 e. The van der Waals surface area contributed by atoms with Crippen molar-refractivity contribution >= 4 is 61.9 Å². The Balaban J connectivity index is 1.68. The second kappa shape index (κ2) is 6.95. The summed E-state index contributed by atoms with van der Waals surface area (Å²) >= 11 is 10.7. The Morgan fingerprint density at radius 2 is 2.04 bits per heavy atom. The quantitative estimate of drug-likeness (QED) is 0.588. The summed E-state index contributed by atoms with van der Waals surface area (Å²) in [5.41, 5.74) is 2.46. The number of benzene rings is 2. The fourth-order valence-electron chi connectivity index (χ4n) is 2.01. The predicted octanol–water partition coefficient (Wildman–Crippen LogP) is 5.10. The van der Waals surface area contributed by atoms with Crippen LogP contribution in [0, 0.1) is 0 Å². The third-order valence-corrected chi connectivity index (χ3v) is 4.94. The lowest BCUT2D eigenvalue weighted by atomic mass is 10.3. The number of hydrogen-bond acceptors (Lipinski definition) is 3. The van der Waals surface area contributed by atoms with Gasteiger partial charge in [0.25, 0.3) is 0 Å². The number of carbonyl (C=O) groups excluding carboxylic acids is 1. The number of imidazole rings is 1. The summed E-state index contributed by atoms with van der Waals surface area (Å²) in [7, 11) is 0. The maximum absolute atomic E-state index is 12.3. The Morgan fingerprint density at radius 3 is 2.78 bits per heavy atom. The third kappa shape index (κ3) is 4.07. The molecule has 0 saturated carbocycles. The van der Waals surface area contributed by atoms with E-state index in [9.17, 15) is 4.79 Å². The van der Waals surface area contributed by atoms with Gasteiger partial charge in [0.05, 0.1) is 16.3 Å². The lowest BCUT2D eigenvalue weighted by Crippen LogP contribution is -2.22. The van der Waals surface area contributed by atoms with E-state index < -0.39 is 0 Å². The number of fused-ring (bicyclic) bond motifs is 1. The Hall–Kier alpha value is -1.50. The molecular weight excluding hydrogens is 398 g/mol. The molecule has 1 aromatic heterocycles. The Labute approximate surface area is 151 Å². The molecule has 3 aromatic rings. The number of anilines is 1. The van der Waals surface area contributed by atoms with Gasteiger partial charge in [-0.05, 0) is 49.4 Å². The fourth-order valence-corrected chi connectivity index (χ4v) is 3.27. The monoisotopic (exact) mass is 409 g/mol. The van der Waals surface area contributed by atoms with Crippen LogP contribution in [-0.4, -0.2) is 21.1 Å². The highest BCUT2D eigenvalue weighted by molar-refractivity contribution is 9.10. The number of H-pyrrole nitrogens is 1. The normalized spacial score (nSPS) is 12.3. The SMILES string of the molecule is C[C@H](Sc1nc2ccc(Cl)cc2[nH]1)C(=O)Nc1ccc(Br)cc1. The molecule has 7 heteroatoms. The number of hydrogen-bond donors (Lipinski definition) is 2. The zero-order valence-electron chi connectivity index (χ0n) is 12.1. The van der Waals surface area contributed by atoms with Gasteiger partial charge in [0.2, 0.25) is 5.91 Å². The van der Waals surface area contributed by atoms with Gasteiger partial charge in [0.15, 0.2) is 5.16 Å². The van der Waals surface area contributed by atoms with Crippen molar-refractivity contribution in [3.8, 4) is 0 Å². The van der Waals surface area contributed by atoms with Gasteiger partial charge in [0, 0.05) is 15.2 Å². The van der Waals surface area contributed by atoms with E-state index in [1.807, 2.05) is 43.3 Å². The van der Waals surface area contributed by atoms with E-state index in [0.717, 1.165) is 21.2 Å². The van der Waals surface area contributed by atoms with Gasteiger partial charge in [-0.15, -0.1) is 0 Å². The zero-order chi connectivity index (χ0) is 16.4. The van der Waals surface area contributed by atoms with Gasteiger partial charge >= 0.3 is 0 Å². The summed E-state index contributed by atoms with van der Waals surface area (Å²) in [5.74, 6) is -0.0733. The number of amides is 1. The summed E-state index contributed by atoms with van der Waals surface area (Å²) < 4.78 is 0.971. The number of halogens is 2. The molecule has 0 bridgehead atoms. The summed E-state index contributed by atoms with van der Waals surface area (Å²) in [6.07, 6.45) is 0. The van der Waals surface area contributed by atoms with E-state index in [-0.39, 0.29) is 11.2 Å². The van der Waals surface area contributed by atoms with Crippen LogP contribution < -0.4 is 5.32 Å². The second-order valence-corrected chi connectivity index (χ2v) is 7.64. The molecule has 0 aliphatic rings. The molecule has 0 unspecified atom stereocenters. The van der Waals surface area contributed by atoms with Crippen LogP contribution in [0.15, 0.2) is 52.1 Å². The molecule has 3 rings (SSSR count). The van der Waals surface area contributed by atoms with Gasteiger partial charge in [-0.3, -0.25) is 4.79 Å². The van der Waals surface area contributed by atoms with Gasteiger partial charge in [-0.25, -0.2) is 4.98 Å². The molecule has 4 nitrogen and oxygen atoms in total. The Bertz CT molecular complexity index is 850. The first-order valence-electron chi connectivity index (χ1n) is 6.89. The van der Waals surface area contributed by atoms with Crippen molar-refractivity contribution in [2.75, 3.05) is 5.32 Å². The minimum Gasteiger partial charge on any atom is -0.333 e. The molecule has 0 radical (unpaired) electrons. The van der Waals surface area contributed by atoms with Gasteiger partial charge in [-0.1, -0.05) is 39.3 Å². The van der Waals surface area contributed by atoms with Crippen molar-refractivity contribution < 1.29 is 4.79 Å². The first-order valence-corrected chi connectivity index (χ1v) is 8.95. The van der Waals surface area contributed by atoms with E-state index in [4.69, 9.17) is 11.6 Å². The van der Waals surface area contributed by atoms with E-state index in [1.54, 1.807) is 6.07 Å². The van der Waals surface area contributed by atoms with E-state index in [1.165, 1.54) is 11.8 Å². The molecule has 1 heterocycles. The minimum absolute atomic E-state index is 0.0733. The first kappa shape index (κ1) is 16.4. The van der Waals surface area contributed by atoms with E-state index in [2.05, 4.69) is 31.2 Å². The summed E-state index contributed by atoms with van der Waals surface area (Å²) in [4.78, 5) is 19.9. The molecule has 23 heavy (non-hydrogen) atoms. The highest BCUT2D eigenvalue weighted by atomic mass is 79.9. The predicted molar refractivity (Wildman–Crippen MR) is 99.2 cm³/mol. The van der Waals surface area contributed by atoms with Crippen molar-refractivity contribution in [2.24, 2.45) is 0 Å². The number of aromatic amines is 1. The molecule has 0 fully saturated rings. The molecule has 0 spiro atoms. The van der Waals surface area contributed by atoms with Crippen molar-refractivity contribution in [3.05, 3.63) is 52.0 Å². The van der Waals surface area contributed by atoms with Crippen LogP contribution in [0.5, 0.6) is 0 Å². The van der Waals surface area contributed by atoms with Crippen LogP contribution in [-0.2, 0) is 4.79 Å². The summed E-state index contributed by atoms with van der Waals surface area (Å²) in [5, 5.41) is 3.95. The molecule has 118 valence electrons.